The van der Waals surface area contributed by atoms with E-state index in [1.807, 2.05) is 17.9 Å². The number of carbonyl (C=O) groups excluding carboxylic acids is 1. The van der Waals surface area contributed by atoms with E-state index in [-0.39, 0.29) is 11.5 Å². The predicted octanol–water partition coefficient (Wildman–Crippen LogP) is 4.07. The van der Waals surface area contributed by atoms with Crippen molar-refractivity contribution in [3.05, 3.63) is 59.6 Å². The van der Waals surface area contributed by atoms with Crippen molar-refractivity contribution >= 4 is 11.7 Å². The number of nitrogens with zero attached hydrogens (tertiary/aromatic N) is 5. The molecule has 4 rings (SSSR count). The maximum atomic E-state index is 12.8. The van der Waals surface area contributed by atoms with E-state index >= 15 is 0 Å². The lowest BCUT2D eigenvalue weighted by Gasteiger charge is -2.36. The second-order valence-corrected chi connectivity index (χ2v) is 7.48. The Balaban J connectivity index is 1.44. The van der Waals surface area contributed by atoms with Crippen molar-refractivity contribution in [2.45, 2.75) is 25.9 Å². The smallest absolute Gasteiger partial charge is 0.416 e. The normalized spacial score (nSPS) is 14.6. The molecule has 0 N–H and O–H groups in total. The van der Waals surface area contributed by atoms with E-state index in [0.717, 1.165) is 24.1 Å². The van der Waals surface area contributed by atoms with E-state index in [1.165, 1.54) is 12.1 Å². The lowest BCUT2D eigenvalue weighted by molar-refractivity contribution is -0.137. The van der Waals surface area contributed by atoms with Gasteiger partial charge in [0, 0.05) is 44.4 Å². The third-order valence-corrected chi connectivity index (χ3v) is 5.27. The molecule has 0 atom stereocenters. The van der Waals surface area contributed by atoms with Crippen LogP contribution in [0, 0.1) is 0 Å². The zero-order valence-corrected chi connectivity index (χ0v) is 17.5. The number of aromatic nitrogens is 3. The first kappa shape index (κ1) is 21.8. The highest BCUT2D eigenvalue weighted by Gasteiger charge is 2.31. The highest BCUT2D eigenvalue weighted by atomic mass is 19.4. The Hall–Kier alpha value is -3.43. The molecule has 1 aliphatic heterocycles. The van der Waals surface area contributed by atoms with E-state index in [2.05, 4.69) is 15.2 Å². The van der Waals surface area contributed by atoms with Crippen LogP contribution in [0.5, 0.6) is 0 Å². The van der Waals surface area contributed by atoms with Crippen LogP contribution in [-0.4, -0.2) is 52.2 Å². The number of amides is 1. The first-order chi connectivity index (χ1) is 15.4. The number of pyridine rings is 1. The van der Waals surface area contributed by atoms with Crippen LogP contribution in [0.25, 0.3) is 11.5 Å². The van der Waals surface area contributed by atoms with Crippen molar-refractivity contribution in [3.8, 4) is 11.5 Å². The molecule has 10 heteroatoms. The minimum absolute atomic E-state index is 0.235. The first-order valence-electron chi connectivity index (χ1n) is 10.4. The number of halogens is 3. The minimum Gasteiger partial charge on any atom is -0.421 e. The van der Waals surface area contributed by atoms with Crippen molar-refractivity contribution in [1.82, 2.24) is 20.1 Å². The quantitative estimate of drug-likeness (QED) is 0.590. The molecule has 3 aromatic rings. The molecule has 32 heavy (non-hydrogen) atoms. The molecule has 1 aromatic carbocycles. The summed E-state index contributed by atoms with van der Waals surface area (Å²) < 4.78 is 44.0. The Kier molecular flexibility index (Phi) is 6.11. The largest absolute Gasteiger partial charge is 0.421 e. The van der Waals surface area contributed by atoms with Crippen LogP contribution < -0.4 is 4.90 Å². The van der Waals surface area contributed by atoms with Gasteiger partial charge in [0.1, 0.15) is 5.82 Å². The lowest BCUT2D eigenvalue weighted by Crippen LogP contribution is -2.49. The van der Waals surface area contributed by atoms with E-state index in [9.17, 15) is 18.0 Å². The summed E-state index contributed by atoms with van der Waals surface area (Å²) in [5, 5.41) is 8.21. The van der Waals surface area contributed by atoms with E-state index < -0.39 is 11.7 Å². The van der Waals surface area contributed by atoms with Gasteiger partial charge in [0.05, 0.1) is 11.1 Å². The van der Waals surface area contributed by atoms with Crippen LogP contribution in [0.3, 0.4) is 0 Å². The van der Waals surface area contributed by atoms with Gasteiger partial charge in [0.2, 0.25) is 5.89 Å². The third-order valence-electron chi connectivity index (χ3n) is 5.27. The monoisotopic (exact) mass is 445 g/mol. The number of hydrogen-bond donors (Lipinski definition) is 0. The molecule has 1 amide bonds. The van der Waals surface area contributed by atoms with Gasteiger partial charge in [-0.3, -0.25) is 4.79 Å². The standard InChI is InChI=1S/C22H22F3N5O2/c1-2-4-18-27-28-20(32-18)17-5-3-10-26-19(17)29-11-13-30(14-12-29)21(31)15-6-8-16(9-7-15)22(23,24)25/h3,5-10H,2,4,11-14H2,1H3. The van der Waals surface area contributed by atoms with Crippen molar-refractivity contribution in [2.75, 3.05) is 31.1 Å². The molecule has 168 valence electrons. The fourth-order valence-corrected chi connectivity index (χ4v) is 3.60. The molecule has 0 unspecified atom stereocenters. The Labute approximate surface area is 182 Å². The van der Waals surface area contributed by atoms with Crippen LogP contribution in [0.15, 0.2) is 47.0 Å². The Morgan fingerprint density at radius 1 is 1.06 bits per heavy atom. The number of benzene rings is 1. The topological polar surface area (TPSA) is 75.4 Å². The van der Waals surface area contributed by atoms with Gasteiger partial charge in [-0.2, -0.15) is 13.2 Å². The van der Waals surface area contributed by atoms with Gasteiger partial charge in [-0.15, -0.1) is 10.2 Å². The number of anilines is 1. The summed E-state index contributed by atoms with van der Waals surface area (Å²) in [5.74, 6) is 1.38. The Morgan fingerprint density at radius 2 is 1.78 bits per heavy atom. The molecule has 0 saturated carbocycles. The van der Waals surface area contributed by atoms with E-state index in [1.54, 1.807) is 17.2 Å². The van der Waals surface area contributed by atoms with Gasteiger partial charge in [0.15, 0.2) is 0 Å². The number of carbonyl (C=O) groups is 1. The van der Waals surface area contributed by atoms with Gasteiger partial charge in [-0.1, -0.05) is 6.92 Å². The number of hydrogen-bond acceptors (Lipinski definition) is 6. The summed E-state index contributed by atoms with van der Waals surface area (Å²) in [6.45, 7) is 3.91. The van der Waals surface area contributed by atoms with Crippen LogP contribution >= 0.6 is 0 Å². The fraction of sp³-hybridized carbons (Fsp3) is 0.364. The van der Waals surface area contributed by atoms with Crippen molar-refractivity contribution in [3.63, 3.8) is 0 Å². The van der Waals surface area contributed by atoms with Gasteiger partial charge in [-0.05, 0) is 42.8 Å². The highest BCUT2D eigenvalue weighted by molar-refractivity contribution is 5.94. The summed E-state index contributed by atoms with van der Waals surface area (Å²) in [6, 6.07) is 7.97. The number of rotatable bonds is 5. The van der Waals surface area contributed by atoms with Gasteiger partial charge >= 0.3 is 6.18 Å². The SMILES string of the molecule is CCCc1nnc(-c2cccnc2N2CCN(C(=O)c3ccc(C(F)(F)F)cc3)CC2)o1. The van der Waals surface area contributed by atoms with Crippen LogP contribution in [0.1, 0.15) is 35.2 Å². The summed E-state index contributed by atoms with van der Waals surface area (Å²) >= 11 is 0. The zero-order chi connectivity index (χ0) is 22.7. The molecule has 0 bridgehead atoms. The molecule has 1 fully saturated rings. The van der Waals surface area contributed by atoms with E-state index in [4.69, 9.17) is 4.42 Å². The average Bonchev–Trinajstić information content (AvgIpc) is 3.27. The third kappa shape index (κ3) is 4.58. The number of alkyl halides is 3. The lowest BCUT2D eigenvalue weighted by atomic mass is 10.1. The Bertz CT molecular complexity index is 1070. The van der Waals surface area contributed by atoms with Gasteiger partial charge in [0.25, 0.3) is 11.8 Å². The summed E-state index contributed by atoms with van der Waals surface area (Å²) in [7, 11) is 0. The second kappa shape index (κ2) is 8.97. The Morgan fingerprint density at radius 3 is 2.44 bits per heavy atom. The average molecular weight is 445 g/mol. The molecule has 0 radical (unpaired) electrons. The summed E-state index contributed by atoms with van der Waals surface area (Å²) in [4.78, 5) is 20.9. The molecular formula is C22H22F3N5O2. The number of piperazine rings is 1. The minimum atomic E-state index is -4.43. The molecule has 3 heterocycles. The molecular weight excluding hydrogens is 423 g/mol. The first-order valence-corrected chi connectivity index (χ1v) is 10.4. The van der Waals surface area contributed by atoms with Crippen molar-refractivity contribution in [1.29, 1.82) is 0 Å². The maximum Gasteiger partial charge on any atom is 0.416 e. The molecule has 1 saturated heterocycles. The summed E-state index contributed by atoms with van der Waals surface area (Å²) in [5.41, 5.74) is 0.189. The van der Waals surface area contributed by atoms with Crippen LogP contribution in [-0.2, 0) is 12.6 Å². The molecule has 0 spiro atoms. The van der Waals surface area contributed by atoms with Crippen molar-refractivity contribution < 1.29 is 22.4 Å². The molecule has 7 nitrogen and oxygen atoms in total. The number of aryl methyl sites for hydroxylation is 1. The maximum absolute atomic E-state index is 12.8. The zero-order valence-electron chi connectivity index (χ0n) is 17.5. The van der Waals surface area contributed by atoms with Crippen molar-refractivity contribution in [2.24, 2.45) is 0 Å². The fourth-order valence-electron chi connectivity index (χ4n) is 3.60. The highest BCUT2D eigenvalue weighted by Crippen LogP contribution is 2.30. The predicted molar refractivity (Wildman–Crippen MR) is 111 cm³/mol. The summed E-state index contributed by atoms with van der Waals surface area (Å²) in [6.07, 6.45) is -1.14. The van der Waals surface area contributed by atoms with Crippen LogP contribution in [0.4, 0.5) is 19.0 Å². The van der Waals surface area contributed by atoms with Gasteiger partial charge in [-0.25, -0.2) is 4.98 Å². The molecule has 1 aliphatic rings. The second-order valence-electron chi connectivity index (χ2n) is 7.48. The molecule has 0 aliphatic carbocycles. The van der Waals surface area contributed by atoms with Gasteiger partial charge < -0.3 is 14.2 Å². The van der Waals surface area contributed by atoms with E-state index in [0.29, 0.717) is 50.2 Å². The molecule has 2 aromatic heterocycles. The van der Waals surface area contributed by atoms with Crippen LogP contribution in [0.2, 0.25) is 0 Å².